The van der Waals surface area contributed by atoms with E-state index in [1.807, 2.05) is 0 Å². The zero-order valence-electron chi connectivity index (χ0n) is 8.23. The number of amides is 2. The topological polar surface area (TPSA) is 94.6 Å². The largest absolute Gasteiger partial charge is 0.467 e. The molecule has 1 aromatic heterocycles. The molecule has 0 fully saturated rings. The lowest BCUT2D eigenvalue weighted by Crippen LogP contribution is -2.38. The van der Waals surface area contributed by atoms with Gasteiger partial charge in [0.25, 0.3) is 0 Å². The highest BCUT2D eigenvalue weighted by Crippen LogP contribution is 2.15. The van der Waals surface area contributed by atoms with Crippen LogP contribution in [-0.4, -0.2) is 25.5 Å². The smallest absolute Gasteiger partial charge is 0.309 e. The Kier molecular flexibility index (Phi) is 3.87. The third kappa shape index (κ3) is 3.10. The fraction of sp³-hybridized carbons (Fsp3) is 0.333. The Morgan fingerprint density at radius 1 is 1.67 bits per heavy atom. The fourth-order valence-corrected chi connectivity index (χ4v) is 1.05. The number of primary amides is 1. The average Bonchev–Trinajstić information content (AvgIpc) is 2.71. The summed E-state index contributed by atoms with van der Waals surface area (Å²) in [6, 6.07) is 3.42. The van der Waals surface area contributed by atoms with Crippen LogP contribution in [0.25, 0.3) is 0 Å². The Morgan fingerprint density at radius 3 is 2.87 bits per heavy atom. The molecule has 0 radical (unpaired) electrons. The van der Waals surface area contributed by atoms with E-state index in [2.05, 4.69) is 5.32 Å². The Labute approximate surface area is 86.4 Å². The molecule has 1 heterocycles. The maximum absolute atomic E-state index is 10.9. The molecule has 0 aliphatic heterocycles. The number of hydrogen-bond donors (Lipinski definition) is 2. The number of rotatable bonds is 4. The van der Waals surface area contributed by atoms with E-state index < -0.39 is 17.9 Å². The van der Waals surface area contributed by atoms with Gasteiger partial charge in [0.15, 0.2) is 0 Å². The van der Waals surface area contributed by atoms with E-state index in [0.717, 1.165) is 0 Å². The quantitative estimate of drug-likeness (QED) is 0.662. The van der Waals surface area contributed by atoms with Gasteiger partial charge in [-0.15, -0.1) is 0 Å². The van der Waals surface area contributed by atoms with Gasteiger partial charge in [-0.1, -0.05) is 0 Å². The summed E-state index contributed by atoms with van der Waals surface area (Å²) in [5, 5.41) is 2.32. The maximum atomic E-state index is 10.9. The second kappa shape index (κ2) is 5.16. The van der Waals surface area contributed by atoms with Gasteiger partial charge in [0.05, 0.1) is 12.8 Å². The van der Waals surface area contributed by atoms with Gasteiger partial charge in [0.1, 0.15) is 11.9 Å². The van der Waals surface area contributed by atoms with E-state index in [0.29, 0.717) is 5.76 Å². The molecule has 82 valence electrons. The molecule has 6 heteroatoms. The zero-order valence-corrected chi connectivity index (χ0v) is 8.23. The summed E-state index contributed by atoms with van der Waals surface area (Å²) >= 11 is 0. The van der Waals surface area contributed by atoms with Gasteiger partial charge >= 0.3 is 11.8 Å². The molecule has 1 rings (SSSR count). The van der Waals surface area contributed by atoms with Gasteiger partial charge in [-0.2, -0.15) is 0 Å². The molecule has 1 aromatic rings. The first-order chi connectivity index (χ1) is 7.15. The minimum atomic E-state index is -1.02. The van der Waals surface area contributed by atoms with Gasteiger partial charge in [0.2, 0.25) is 0 Å². The van der Waals surface area contributed by atoms with Crippen molar-refractivity contribution in [3.63, 3.8) is 0 Å². The number of nitrogens with two attached hydrogens (primary N) is 1. The van der Waals surface area contributed by atoms with Gasteiger partial charge in [-0.25, -0.2) is 0 Å². The predicted molar refractivity (Wildman–Crippen MR) is 50.7 cm³/mol. The standard InChI is InChI=1S/C9H12N2O4/c1-14-7(6-3-2-4-15-6)5-11-9(13)8(10)12/h2-4,7H,5H2,1H3,(H2,10,12)(H,11,13). The van der Waals surface area contributed by atoms with Gasteiger partial charge < -0.3 is 20.2 Å². The maximum Gasteiger partial charge on any atom is 0.309 e. The average molecular weight is 212 g/mol. The highest BCUT2D eigenvalue weighted by molar-refractivity contribution is 6.34. The summed E-state index contributed by atoms with van der Waals surface area (Å²) in [5.74, 6) is -1.30. The van der Waals surface area contributed by atoms with E-state index in [1.165, 1.54) is 13.4 Å². The molecule has 3 N–H and O–H groups in total. The van der Waals surface area contributed by atoms with Crippen molar-refractivity contribution in [3.8, 4) is 0 Å². The van der Waals surface area contributed by atoms with Crippen molar-refractivity contribution in [2.45, 2.75) is 6.10 Å². The van der Waals surface area contributed by atoms with Gasteiger partial charge in [-0.05, 0) is 12.1 Å². The number of nitrogens with one attached hydrogen (secondary N) is 1. The summed E-state index contributed by atoms with van der Waals surface area (Å²) in [6.07, 6.45) is 1.07. The van der Waals surface area contributed by atoms with E-state index in [9.17, 15) is 9.59 Å². The highest BCUT2D eigenvalue weighted by Gasteiger charge is 2.16. The van der Waals surface area contributed by atoms with Crippen LogP contribution in [0.4, 0.5) is 0 Å². The second-order valence-corrected chi connectivity index (χ2v) is 2.81. The Hall–Kier alpha value is -1.82. The van der Waals surface area contributed by atoms with Crippen LogP contribution in [0, 0.1) is 0 Å². The Bertz CT molecular complexity index is 334. The molecule has 1 atom stereocenters. The fourth-order valence-electron chi connectivity index (χ4n) is 1.05. The molecular formula is C9H12N2O4. The van der Waals surface area contributed by atoms with Crippen LogP contribution in [0.5, 0.6) is 0 Å². The molecule has 0 saturated carbocycles. The van der Waals surface area contributed by atoms with Crippen molar-refractivity contribution in [2.75, 3.05) is 13.7 Å². The first kappa shape index (κ1) is 11.3. The minimum absolute atomic E-state index is 0.131. The molecule has 0 aromatic carbocycles. The zero-order chi connectivity index (χ0) is 11.3. The molecule has 2 amide bonds. The van der Waals surface area contributed by atoms with E-state index in [4.69, 9.17) is 14.9 Å². The molecule has 0 aliphatic rings. The summed E-state index contributed by atoms with van der Waals surface area (Å²) in [7, 11) is 1.48. The molecule has 0 aliphatic carbocycles. The van der Waals surface area contributed by atoms with Crippen molar-refractivity contribution < 1.29 is 18.7 Å². The van der Waals surface area contributed by atoms with Crippen LogP contribution in [0.2, 0.25) is 0 Å². The summed E-state index contributed by atoms with van der Waals surface area (Å²) < 4.78 is 10.2. The van der Waals surface area contributed by atoms with Crippen molar-refractivity contribution in [1.82, 2.24) is 5.32 Å². The predicted octanol–water partition coefficient (Wildman–Crippen LogP) is -0.431. The van der Waals surface area contributed by atoms with E-state index >= 15 is 0 Å². The lowest BCUT2D eigenvalue weighted by molar-refractivity contribution is -0.137. The molecule has 0 saturated heterocycles. The lowest BCUT2D eigenvalue weighted by Gasteiger charge is -2.12. The van der Waals surface area contributed by atoms with E-state index in [-0.39, 0.29) is 6.54 Å². The minimum Gasteiger partial charge on any atom is -0.467 e. The first-order valence-electron chi connectivity index (χ1n) is 4.29. The number of ether oxygens (including phenoxy) is 1. The third-order valence-corrected chi connectivity index (χ3v) is 1.82. The SMILES string of the molecule is COC(CNC(=O)C(N)=O)c1ccco1. The second-order valence-electron chi connectivity index (χ2n) is 2.81. The van der Waals surface area contributed by atoms with Crippen LogP contribution < -0.4 is 11.1 Å². The molecule has 1 unspecified atom stereocenters. The van der Waals surface area contributed by atoms with Crippen LogP contribution in [0.1, 0.15) is 11.9 Å². The number of carbonyl (C=O) groups is 2. The number of furan rings is 1. The lowest BCUT2D eigenvalue weighted by atomic mass is 10.2. The normalized spacial score (nSPS) is 12.1. The van der Waals surface area contributed by atoms with Crippen LogP contribution >= 0.6 is 0 Å². The number of methoxy groups -OCH3 is 1. The Morgan fingerprint density at radius 2 is 2.40 bits per heavy atom. The van der Waals surface area contributed by atoms with Gasteiger partial charge in [0, 0.05) is 7.11 Å². The Balaban J connectivity index is 2.49. The molecular weight excluding hydrogens is 200 g/mol. The van der Waals surface area contributed by atoms with Crippen LogP contribution in [0.3, 0.4) is 0 Å². The van der Waals surface area contributed by atoms with Crippen molar-refractivity contribution in [2.24, 2.45) is 5.73 Å². The van der Waals surface area contributed by atoms with E-state index in [1.54, 1.807) is 12.1 Å². The molecule has 0 spiro atoms. The number of hydrogen-bond acceptors (Lipinski definition) is 4. The molecule has 0 bridgehead atoms. The highest BCUT2D eigenvalue weighted by atomic mass is 16.5. The summed E-state index contributed by atoms with van der Waals surface area (Å²) in [4.78, 5) is 21.3. The van der Waals surface area contributed by atoms with Crippen LogP contribution in [0.15, 0.2) is 22.8 Å². The summed E-state index contributed by atoms with van der Waals surface area (Å²) in [6.45, 7) is 0.131. The van der Waals surface area contributed by atoms with Crippen molar-refractivity contribution in [1.29, 1.82) is 0 Å². The van der Waals surface area contributed by atoms with Crippen molar-refractivity contribution >= 4 is 11.8 Å². The van der Waals surface area contributed by atoms with Crippen molar-refractivity contribution in [3.05, 3.63) is 24.2 Å². The molecule has 15 heavy (non-hydrogen) atoms. The first-order valence-corrected chi connectivity index (χ1v) is 4.29. The monoisotopic (exact) mass is 212 g/mol. The van der Waals surface area contributed by atoms with Gasteiger partial charge in [-0.3, -0.25) is 9.59 Å². The third-order valence-electron chi connectivity index (χ3n) is 1.82. The summed E-state index contributed by atoms with van der Waals surface area (Å²) in [5.41, 5.74) is 4.77. The molecule has 6 nitrogen and oxygen atoms in total. The number of carbonyl (C=O) groups excluding carboxylic acids is 2. The van der Waals surface area contributed by atoms with Crippen LogP contribution in [-0.2, 0) is 14.3 Å².